The highest BCUT2D eigenvalue weighted by Gasteiger charge is 2.10. The van der Waals surface area contributed by atoms with Gasteiger partial charge < -0.3 is 9.30 Å². The number of nitrogens with zero attached hydrogens (tertiary/aromatic N) is 2. The van der Waals surface area contributed by atoms with E-state index in [1.807, 2.05) is 53.2 Å². The van der Waals surface area contributed by atoms with Crippen molar-refractivity contribution >= 4 is 17.0 Å². The molecule has 0 N–H and O–H groups in total. The molecular formula is C18H14N2O. The number of benzene rings is 2. The Balaban J connectivity index is 2.25. The summed E-state index contributed by atoms with van der Waals surface area (Å²) in [5, 5.41) is 10.2. The van der Waals surface area contributed by atoms with Crippen LogP contribution in [-0.4, -0.2) is 11.7 Å². The quantitative estimate of drug-likeness (QED) is 0.719. The molecule has 102 valence electrons. The van der Waals surface area contributed by atoms with Gasteiger partial charge in [-0.3, -0.25) is 0 Å². The second-order valence-electron chi connectivity index (χ2n) is 4.70. The smallest absolute Gasteiger partial charge is 0.120 e. The Kier molecular flexibility index (Phi) is 3.21. The number of aromatic nitrogens is 1. The van der Waals surface area contributed by atoms with Gasteiger partial charge in [0.05, 0.1) is 18.2 Å². The van der Waals surface area contributed by atoms with Crippen molar-refractivity contribution in [2.45, 2.75) is 0 Å². The molecule has 0 saturated carbocycles. The van der Waals surface area contributed by atoms with E-state index in [2.05, 4.69) is 12.6 Å². The van der Waals surface area contributed by atoms with Gasteiger partial charge in [-0.15, -0.1) is 0 Å². The number of ether oxygens (including phenoxy) is 1. The Morgan fingerprint density at radius 3 is 2.57 bits per heavy atom. The lowest BCUT2D eigenvalue weighted by atomic mass is 10.2. The van der Waals surface area contributed by atoms with Crippen LogP contribution in [0.3, 0.4) is 0 Å². The fourth-order valence-corrected chi connectivity index (χ4v) is 2.41. The molecule has 0 aliphatic carbocycles. The molecule has 21 heavy (non-hydrogen) atoms. The Hall–Kier alpha value is -2.99. The first-order valence-corrected chi connectivity index (χ1v) is 6.59. The predicted octanol–water partition coefficient (Wildman–Crippen LogP) is 4.15. The SMILES string of the molecule is C=Cc1ccc(-n2cc(C#N)c3ccc(OC)cc32)cc1. The fraction of sp³-hybridized carbons (Fsp3) is 0.0556. The highest BCUT2D eigenvalue weighted by Crippen LogP contribution is 2.28. The van der Waals surface area contributed by atoms with Crippen LogP contribution >= 0.6 is 0 Å². The second kappa shape index (κ2) is 5.18. The Morgan fingerprint density at radius 1 is 1.19 bits per heavy atom. The molecule has 3 rings (SSSR count). The zero-order valence-corrected chi connectivity index (χ0v) is 11.7. The topological polar surface area (TPSA) is 38.0 Å². The first-order chi connectivity index (χ1) is 10.3. The number of rotatable bonds is 3. The van der Waals surface area contributed by atoms with Crippen LogP contribution in [0, 0.1) is 11.3 Å². The van der Waals surface area contributed by atoms with E-state index in [4.69, 9.17) is 4.74 Å². The average molecular weight is 274 g/mol. The van der Waals surface area contributed by atoms with Crippen LogP contribution in [-0.2, 0) is 0 Å². The summed E-state index contributed by atoms with van der Waals surface area (Å²) >= 11 is 0. The lowest BCUT2D eigenvalue weighted by Gasteiger charge is -2.07. The third-order valence-electron chi connectivity index (χ3n) is 3.54. The van der Waals surface area contributed by atoms with E-state index in [1.165, 1.54) is 0 Å². The van der Waals surface area contributed by atoms with E-state index < -0.39 is 0 Å². The number of hydrogen-bond acceptors (Lipinski definition) is 2. The molecule has 2 aromatic carbocycles. The standard InChI is InChI=1S/C18H14N2O/c1-3-13-4-6-15(7-5-13)20-12-14(11-19)17-9-8-16(21-2)10-18(17)20/h3-10,12H,1H2,2H3. The van der Waals surface area contributed by atoms with Crippen molar-refractivity contribution in [2.75, 3.05) is 7.11 Å². The highest BCUT2D eigenvalue weighted by atomic mass is 16.5. The molecule has 3 nitrogen and oxygen atoms in total. The van der Waals surface area contributed by atoms with Gasteiger partial charge >= 0.3 is 0 Å². The van der Waals surface area contributed by atoms with Gasteiger partial charge in [-0.05, 0) is 29.8 Å². The third kappa shape index (κ3) is 2.17. The molecule has 0 atom stereocenters. The van der Waals surface area contributed by atoms with Crippen LogP contribution in [0.2, 0.25) is 0 Å². The summed E-state index contributed by atoms with van der Waals surface area (Å²) in [6.07, 6.45) is 3.66. The van der Waals surface area contributed by atoms with Gasteiger partial charge in [0.15, 0.2) is 0 Å². The molecule has 0 unspecified atom stereocenters. The molecule has 3 aromatic rings. The normalized spacial score (nSPS) is 10.3. The number of hydrogen-bond donors (Lipinski definition) is 0. The van der Waals surface area contributed by atoms with Crippen molar-refractivity contribution in [3.05, 3.63) is 66.4 Å². The van der Waals surface area contributed by atoms with Crippen LogP contribution in [0.25, 0.3) is 22.7 Å². The van der Waals surface area contributed by atoms with E-state index >= 15 is 0 Å². The van der Waals surface area contributed by atoms with E-state index in [0.717, 1.165) is 27.9 Å². The summed E-state index contributed by atoms with van der Waals surface area (Å²) < 4.78 is 7.29. The third-order valence-corrected chi connectivity index (χ3v) is 3.54. The predicted molar refractivity (Wildman–Crippen MR) is 84.6 cm³/mol. The molecule has 1 aromatic heterocycles. The minimum atomic E-state index is 0.653. The average Bonchev–Trinajstić information content (AvgIpc) is 2.92. The van der Waals surface area contributed by atoms with Crippen LogP contribution in [0.1, 0.15) is 11.1 Å². The minimum Gasteiger partial charge on any atom is -0.497 e. The van der Waals surface area contributed by atoms with Crippen molar-refractivity contribution in [3.63, 3.8) is 0 Å². The molecule has 3 heteroatoms. The van der Waals surface area contributed by atoms with E-state index in [9.17, 15) is 5.26 Å². The maximum atomic E-state index is 9.30. The van der Waals surface area contributed by atoms with Gasteiger partial charge in [0.25, 0.3) is 0 Å². The monoisotopic (exact) mass is 274 g/mol. The molecule has 0 radical (unpaired) electrons. The summed E-state index contributed by atoms with van der Waals surface area (Å²) in [6, 6.07) is 16.0. The first-order valence-electron chi connectivity index (χ1n) is 6.59. The summed E-state index contributed by atoms with van der Waals surface area (Å²) in [5.74, 6) is 0.772. The van der Waals surface area contributed by atoms with Gasteiger partial charge in [0.1, 0.15) is 11.8 Å². The number of nitriles is 1. The fourth-order valence-electron chi connectivity index (χ4n) is 2.41. The zero-order chi connectivity index (χ0) is 14.8. The van der Waals surface area contributed by atoms with Crippen LogP contribution in [0.5, 0.6) is 5.75 Å². The number of fused-ring (bicyclic) bond motifs is 1. The van der Waals surface area contributed by atoms with Crippen LogP contribution in [0.4, 0.5) is 0 Å². The molecule has 0 saturated heterocycles. The molecule has 0 bridgehead atoms. The van der Waals surface area contributed by atoms with Gasteiger partial charge in [-0.2, -0.15) is 5.26 Å². The van der Waals surface area contributed by atoms with Crippen molar-refractivity contribution in [2.24, 2.45) is 0 Å². The van der Waals surface area contributed by atoms with Crippen molar-refractivity contribution < 1.29 is 4.74 Å². The molecule has 0 aliphatic heterocycles. The van der Waals surface area contributed by atoms with Gasteiger partial charge in [-0.1, -0.05) is 24.8 Å². The van der Waals surface area contributed by atoms with E-state index in [1.54, 1.807) is 13.2 Å². The Bertz CT molecular complexity index is 851. The zero-order valence-electron chi connectivity index (χ0n) is 11.7. The second-order valence-corrected chi connectivity index (χ2v) is 4.70. The molecule has 1 heterocycles. The summed E-state index contributed by atoms with van der Waals surface area (Å²) in [5.41, 5.74) is 3.67. The van der Waals surface area contributed by atoms with E-state index in [0.29, 0.717) is 5.56 Å². The van der Waals surface area contributed by atoms with Crippen LogP contribution < -0.4 is 4.74 Å². The lowest BCUT2D eigenvalue weighted by Crippen LogP contribution is -1.92. The highest BCUT2D eigenvalue weighted by molar-refractivity contribution is 5.89. The minimum absolute atomic E-state index is 0.653. The maximum Gasteiger partial charge on any atom is 0.120 e. The molecule has 0 amide bonds. The Morgan fingerprint density at radius 2 is 1.95 bits per heavy atom. The van der Waals surface area contributed by atoms with Crippen molar-refractivity contribution in [3.8, 4) is 17.5 Å². The first kappa shape index (κ1) is 13.0. The molecular weight excluding hydrogens is 260 g/mol. The van der Waals surface area contributed by atoms with Crippen molar-refractivity contribution in [1.82, 2.24) is 4.57 Å². The summed E-state index contributed by atoms with van der Waals surface area (Å²) in [6.45, 7) is 3.76. The maximum absolute atomic E-state index is 9.30. The van der Waals surface area contributed by atoms with Crippen molar-refractivity contribution in [1.29, 1.82) is 5.26 Å². The van der Waals surface area contributed by atoms with Crippen LogP contribution in [0.15, 0.2) is 55.2 Å². The van der Waals surface area contributed by atoms with Gasteiger partial charge in [0, 0.05) is 23.3 Å². The number of methoxy groups -OCH3 is 1. The van der Waals surface area contributed by atoms with E-state index in [-0.39, 0.29) is 0 Å². The largest absolute Gasteiger partial charge is 0.497 e. The Labute approximate surface area is 123 Å². The molecule has 0 aliphatic rings. The summed E-state index contributed by atoms with van der Waals surface area (Å²) in [7, 11) is 1.64. The lowest BCUT2D eigenvalue weighted by molar-refractivity contribution is 0.415. The molecule has 0 spiro atoms. The summed E-state index contributed by atoms with van der Waals surface area (Å²) in [4.78, 5) is 0. The van der Waals surface area contributed by atoms with Gasteiger partial charge in [0.2, 0.25) is 0 Å². The molecule has 0 fully saturated rings. The van der Waals surface area contributed by atoms with Gasteiger partial charge in [-0.25, -0.2) is 0 Å².